The van der Waals surface area contributed by atoms with E-state index in [1.807, 2.05) is 19.1 Å². The Labute approximate surface area is 135 Å². The van der Waals surface area contributed by atoms with Crippen molar-refractivity contribution in [2.75, 3.05) is 14.2 Å². The van der Waals surface area contributed by atoms with E-state index in [4.69, 9.17) is 9.47 Å². The quantitative estimate of drug-likeness (QED) is 0.645. The minimum absolute atomic E-state index is 0.0147. The SMILES string of the molecule is COc1ccc(CCC(O)=C2C=CC(O)CC2=O)c(OC)c1C. The van der Waals surface area contributed by atoms with Gasteiger partial charge >= 0.3 is 0 Å². The van der Waals surface area contributed by atoms with Crippen molar-refractivity contribution in [1.82, 2.24) is 0 Å². The molecule has 1 aromatic rings. The van der Waals surface area contributed by atoms with Crippen LogP contribution in [0.3, 0.4) is 0 Å². The van der Waals surface area contributed by atoms with Crippen LogP contribution in [0.15, 0.2) is 35.6 Å². The molecule has 1 aliphatic rings. The number of carbonyl (C=O) groups excluding carboxylic acids is 1. The lowest BCUT2D eigenvalue weighted by Gasteiger charge is -2.16. The maximum atomic E-state index is 11.8. The summed E-state index contributed by atoms with van der Waals surface area (Å²) in [6.07, 6.45) is 3.12. The van der Waals surface area contributed by atoms with Crippen molar-refractivity contribution in [1.29, 1.82) is 0 Å². The Kier molecular flexibility index (Phi) is 5.45. The fourth-order valence-corrected chi connectivity index (χ4v) is 2.74. The lowest BCUT2D eigenvalue weighted by atomic mass is 9.95. The Morgan fingerprint density at radius 1 is 1.30 bits per heavy atom. The van der Waals surface area contributed by atoms with Crippen molar-refractivity contribution in [2.24, 2.45) is 0 Å². The first-order valence-corrected chi connectivity index (χ1v) is 7.50. The number of ketones is 1. The van der Waals surface area contributed by atoms with Crippen LogP contribution in [-0.2, 0) is 11.2 Å². The number of allylic oxidation sites excluding steroid dienone is 3. The number of aliphatic hydroxyl groups is 2. The van der Waals surface area contributed by atoms with Crippen LogP contribution < -0.4 is 9.47 Å². The van der Waals surface area contributed by atoms with Gasteiger partial charge in [-0.3, -0.25) is 4.79 Å². The molecule has 0 amide bonds. The summed E-state index contributed by atoms with van der Waals surface area (Å²) in [6.45, 7) is 1.91. The molecule has 0 bridgehead atoms. The smallest absolute Gasteiger partial charge is 0.169 e. The second-order valence-corrected chi connectivity index (χ2v) is 5.50. The summed E-state index contributed by atoms with van der Waals surface area (Å²) in [5, 5.41) is 19.6. The van der Waals surface area contributed by atoms with Crippen LogP contribution in [0.4, 0.5) is 0 Å². The van der Waals surface area contributed by atoms with Crippen molar-refractivity contribution in [3.05, 3.63) is 46.7 Å². The maximum absolute atomic E-state index is 11.8. The monoisotopic (exact) mass is 318 g/mol. The normalized spacial score (nSPS) is 19.7. The first-order chi connectivity index (χ1) is 11.0. The molecule has 1 aromatic carbocycles. The number of methoxy groups -OCH3 is 2. The third-order valence-corrected chi connectivity index (χ3v) is 3.98. The molecule has 0 saturated carbocycles. The predicted molar refractivity (Wildman–Crippen MR) is 87.0 cm³/mol. The number of hydrogen-bond donors (Lipinski definition) is 2. The highest BCUT2D eigenvalue weighted by molar-refractivity contribution is 5.99. The number of aryl methyl sites for hydroxylation is 1. The van der Waals surface area contributed by atoms with Gasteiger partial charge in [-0.05, 0) is 31.1 Å². The molecule has 2 rings (SSSR count). The molecule has 1 aliphatic carbocycles. The fraction of sp³-hybridized carbons (Fsp3) is 0.389. The molecule has 0 heterocycles. The highest BCUT2D eigenvalue weighted by Gasteiger charge is 2.20. The van der Waals surface area contributed by atoms with Crippen LogP contribution >= 0.6 is 0 Å². The number of aliphatic hydroxyl groups excluding tert-OH is 2. The average Bonchev–Trinajstić information content (AvgIpc) is 2.52. The van der Waals surface area contributed by atoms with E-state index >= 15 is 0 Å². The first-order valence-electron chi connectivity index (χ1n) is 7.50. The number of benzene rings is 1. The van der Waals surface area contributed by atoms with Gasteiger partial charge in [-0.2, -0.15) is 0 Å². The van der Waals surface area contributed by atoms with Gasteiger partial charge in [0, 0.05) is 18.4 Å². The lowest BCUT2D eigenvalue weighted by Crippen LogP contribution is -2.18. The number of carbonyl (C=O) groups is 1. The van der Waals surface area contributed by atoms with E-state index in [1.165, 1.54) is 12.2 Å². The summed E-state index contributed by atoms with van der Waals surface area (Å²) in [7, 11) is 3.20. The zero-order chi connectivity index (χ0) is 17.0. The van der Waals surface area contributed by atoms with Crippen molar-refractivity contribution in [3.8, 4) is 11.5 Å². The summed E-state index contributed by atoms with van der Waals surface area (Å²) < 4.78 is 10.7. The molecule has 23 heavy (non-hydrogen) atoms. The molecule has 0 aliphatic heterocycles. The summed E-state index contributed by atoms with van der Waals surface area (Å²) in [6, 6.07) is 3.75. The molecule has 0 radical (unpaired) electrons. The molecular weight excluding hydrogens is 296 g/mol. The highest BCUT2D eigenvalue weighted by atomic mass is 16.5. The van der Waals surface area contributed by atoms with Crippen molar-refractivity contribution < 1.29 is 24.5 Å². The van der Waals surface area contributed by atoms with Gasteiger partial charge in [0.1, 0.15) is 17.3 Å². The van der Waals surface area contributed by atoms with Crippen molar-refractivity contribution in [3.63, 3.8) is 0 Å². The first kappa shape index (κ1) is 17.1. The van der Waals surface area contributed by atoms with E-state index in [0.717, 1.165) is 22.6 Å². The molecule has 0 saturated heterocycles. The largest absolute Gasteiger partial charge is 0.512 e. The summed E-state index contributed by atoms with van der Waals surface area (Å²) >= 11 is 0. The third kappa shape index (κ3) is 3.74. The number of hydrogen-bond acceptors (Lipinski definition) is 5. The van der Waals surface area contributed by atoms with E-state index in [0.29, 0.717) is 12.8 Å². The predicted octanol–water partition coefficient (Wildman–Crippen LogP) is 2.65. The van der Waals surface area contributed by atoms with Gasteiger partial charge in [0.2, 0.25) is 0 Å². The Morgan fingerprint density at radius 2 is 2.04 bits per heavy atom. The Bertz CT molecular complexity index is 658. The molecule has 0 aromatic heterocycles. The van der Waals surface area contributed by atoms with Gasteiger partial charge in [0.25, 0.3) is 0 Å². The summed E-state index contributed by atoms with van der Waals surface area (Å²) in [5.41, 5.74) is 2.11. The second-order valence-electron chi connectivity index (χ2n) is 5.50. The minimum atomic E-state index is -0.761. The topological polar surface area (TPSA) is 76.0 Å². The molecule has 124 valence electrons. The van der Waals surface area contributed by atoms with Crippen molar-refractivity contribution in [2.45, 2.75) is 32.3 Å². The molecule has 0 spiro atoms. The van der Waals surface area contributed by atoms with Crippen molar-refractivity contribution >= 4 is 5.78 Å². The average molecular weight is 318 g/mol. The Morgan fingerprint density at radius 3 is 2.65 bits per heavy atom. The fourth-order valence-electron chi connectivity index (χ4n) is 2.74. The molecule has 0 fully saturated rings. The van der Waals surface area contributed by atoms with Crippen LogP contribution in [-0.4, -0.2) is 36.3 Å². The molecule has 5 nitrogen and oxygen atoms in total. The van der Waals surface area contributed by atoms with Gasteiger partial charge in [0.05, 0.1) is 25.9 Å². The Hall–Kier alpha value is -2.27. The van der Waals surface area contributed by atoms with Gasteiger partial charge in [0.15, 0.2) is 5.78 Å². The Balaban J connectivity index is 2.19. The van der Waals surface area contributed by atoms with Crippen LogP contribution in [0, 0.1) is 6.92 Å². The molecule has 5 heteroatoms. The van der Waals surface area contributed by atoms with Gasteiger partial charge in [-0.15, -0.1) is 0 Å². The highest BCUT2D eigenvalue weighted by Crippen LogP contribution is 2.32. The zero-order valence-electron chi connectivity index (χ0n) is 13.6. The minimum Gasteiger partial charge on any atom is -0.512 e. The van der Waals surface area contributed by atoms with Crippen LogP contribution in [0.5, 0.6) is 11.5 Å². The number of rotatable bonds is 5. The maximum Gasteiger partial charge on any atom is 0.169 e. The van der Waals surface area contributed by atoms with Gasteiger partial charge in [-0.1, -0.05) is 12.1 Å². The van der Waals surface area contributed by atoms with E-state index in [1.54, 1.807) is 14.2 Å². The second kappa shape index (κ2) is 7.33. The van der Waals surface area contributed by atoms with Crippen LogP contribution in [0.1, 0.15) is 24.0 Å². The molecule has 1 unspecified atom stereocenters. The molecular formula is C18H22O5. The van der Waals surface area contributed by atoms with Gasteiger partial charge < -0.3 is 19.7 Å². The van der Waals surface area contributed by atoms with Crippen LogP contribution in [0.2, 0.25) is 0 Å². The lowest BCUT2D eigenvalue weighted by molar-refractivity contribution is -0.117. The van der Waals surface area contributed by atoms with Crippen LogP contribution in [0.25, 0.3) is 0 Å². The number of ether oxygens (including phenoxy) is 2. The van der Waals surface area contributed by atoms with E-state index in [2.05, 4.69) is 0 Å². The third-order valence-electron chi connectivity index (χ3n) is 3.98. The van der Waals surface area contributed by atoms with E-state index < -0.39 is 6.10 Å². The van der Waals surface area contributed by atoms with E-state index in [-0.39, 0.29) is 23.5 Å². The molecule has 2 N–H and O–H groups in total. The van der Waals surface area contributed by atoms with E-state index in [9.17, 15) is 15.0 Å². The summed E-state index contributed by atoms with van der Waals surface area (Å²) in [5.74, 6) is 1.26. The standard InChI is InChI=1S/C18H22O5/c1-11-17(22-2)9-5-12(18(11)23-3)4-8-15(20)14-7-6-13(19)10-16(14)21/h5-7,9,13,19-20H,4,8,10H2,1-3H3. The number of Topliss-reactive ketones (excluding diaryl/α,β-unsaturated/α-hetero) is 1. The zero-order valence-corrected chi connectivity index (χ0v) is 13.6. The van der Waals surface area contributed by atoms with Gasteiger partial charge in [-0.25, -0.2) is 0 Å². The summed E-state index contributed by atoms with van der Waals surface area (Å²) in [4.78, 5) is 11.8. The molecule has 1 atom stereocenters.